The van der Waals surface area contributed by atoms with E-state index in [1.807, 2.05) is 43.3 Å². The van der Waals surface area contributed by atoms with Crippen molar-refractivity contribution in [1.82, 2.24) is 5.32 Å². The maximum atomic E-state index is 12.0. The molecule has 1 aliphatic rings. The van der Waals surface area contributed by atoms with E-state index in [1.54, 1.807) is 0 Å². The van der Waals surface area contributed by atoms with Gasteiger partial charge in [-0.15, -0.1) is 0 Å². The molecule has 0 radical (unpaired) electrons. The van der Waals surface area contributed by atoms with E-state index in [1.165, 1.54) is 19.3 Å². The van der Waals surface area contributed by atoms with Crippen LogP contribution in [0, 0.1) is 5.92 Å². The topological polar surface area (TPSA) is 32.3 Å². The van der Waals surface area contributed by atoms with E-state index in [2.05, 4.69) is 21.2 Å². The average molecular weight is 325 g/mol. The van der Waals surface area contributed by atoms with Gasteiger partial charge in [0.1, 0.15) is 0 Å². The number of alkyl halides is 1. The molecule has 0 saturated heterocycles. The van der Waals surface area contributed by atoms with Crippen LogP contribution in [0.25, 0.3) is 0 Å². The maximum absolute atomic E-state index is 12.0. The minimum absolute atomic E-state index is 0.0249. The average Bonchev–Trinajstić information content (AvgIpc) is 2.81. The number of carbonyl (C=O) groups is 1. The number of carbonyl (C=O) groups excluding carboxylic acids is 1. The van der Waals surface area contributed by atoms with Crippen LogP contribution in [-0.4, -0.2) is 31.4 Å². The molecule has 4 heteroatoms. The molecule has 0 aromatic heterocycles. The molecule has 104 valence electrons. The Hall–Kier alpha value is -1.03. The summed E-state index contributed by atoms with van der Waals surface area (Å²) in [5, 5.41) is 3.04. The molecule has 1 fully saturated rings. The number of halogens is 1. The Kier molecular flexibility index (Phi) is 4.86. The Labute approximate surface area is 123 Å². The van der Waals surface area contributed by atoms with Crippen molar-refractivity contribution in [3.8, 4) is 0 Å². The zero-order valence-electron chi connectivity index (χ0n) is 11.5. The van der Waals surface area contributed by atoms with Crippen molar-refractivity contribution in [3.05, 3.63) is 29.8 Å². The van der Waals surface area contributed by atoms with Crippen LogP contribution in [-0.2, 0) is 0 Å². The molecule has 2 atom stereocenters. The van der Waals surface area contributed by atoms with Gasteiger partial charge in [-0.05, 0) is 43.0 Å². The fraction of sp³-hybridized carbons (Fsp3) is 0.533. The van der Waals surface area contributed by atoms with Gasteiger partial charge in [-0.2, -0.15) is 0 Å². The minimum Gasteiger partial charge on any atom is -0.378 e. The molecule has 2 unspecified atom stereocenters. The van der Waals surface area contributed by atoms with Gasteiger partial charge in [-0.1, -0.05) is 22.4 Å². The van der Waals surface area contributed by atoms with Gasteiger partial charge in [0.15, 0.2) is 0 Å². The molecule has 1 aliphatic carbocycles. The first-order chi connectivity index (χ1) is 9.08. The molecule has 2 rings (SSSR count). The highest BCUT2D eigenvalue weighted by Crippen LogP contribution is 2.30. The highest BCUT2D eigenvalue weighted by atomic mass is 79.9. The molecule has 1 aromatic carbocycles. The molecule has 1 aromatic rings. The van der Waals surface area contributed by atoms with E-state index in [9.17, 15) is 4.79 Å². The number of amides is 1. The molecular formula is C15H21BrN2O. The number of nitrogens with zero attached hydrogens (tertiary/aromatic N) is 1. The number of hydrogen-bond acceptors (Lipinski definition) is 2. The predicted molar refractivity (Wildman–Crippen MR) is 83.2 cm³/mol. The summed E-state index contributed by atoms with van der Waals surface area (Å²) < 4.78 is 0. The molecule has 1 saturated carbocycles. The second kappa shape index (κ2) is 6.42. The summed E-state index contributed by atoms with van der Waals surface area (Å²) in [7, 11) is 3.98. The van der Waals surface area contributed by atoms with Crippen molar-refractivity contribution in [2.75, 3.05) is 25.5 Å². The molecule has 0 heterocycles. The normalized spacial score (nSPS) is 22.3. The number of rotatable bonds is 4. The molecule has 0 spiro atoms. The first kappa shape index (κ1) is 14.4. The SMILES string of the molecule is CN(C)c1ccc(C(=O)NCC2CCCC2Br)cc1. The van der Waals surface area contributed by atoms with Crippen LogP contribution in [0.2, 0.25) is 0 Å². The predicted octanol–water partition coefficient (Wildman–Crippen LogP) is 3.05. The van der Waals surface area contributed by atoms with Gasteiger partial charge < -0.3 is 10.2 Å². The van der Waals surface area contributed by atoms with E-state index in [4.69, 9.17) is 0 Å². The second-order valence-corrected chi connectivity index (χ2v) is 6.53. The smallest absolute Gasteiger partial charge is 0.251 e. The van der Waals surface area contributed by atoms with Gasteiger partial charge in [0.2, 0.25) is 0 Å². The third kappa shape index (κ3) is 3.72. The zero-order chi connectivity index (χ0) is 13.8. The summed E-state index contributed by atoms with van der Waals surface area (Å²) in [6, 6.07) is 7.70. The lowest BCUT2D eigenvalue weighted by molar-refractivity contribution is 0.0948. The van der Waals surface area contributed by atoms with Crippen molar-refractivity contribution in [2.45, 2.75) is 24.1 Å². The van der Waals surface area contributed by atoms with Gasteiger partial charge in [0.25, 0.3) is 5.91 Å². The van der Waals surface area contributed by atoms with Gasteiger partial charge in [0, 0.05) is 36.7 Å². The Morgan fingerprint density at radius 2 is 2.00 bits per heavy atom. The number of nitrogens with one attached hydrogen (secondary N) is 1. The highest BCUT2D eigenvalue weighted by molar-refractivity contribution is 9.09. The monoisotopic (exact) mass is 324 g/mol. The summed E-state index contributed by atoms with van der Waals surface area (Å²) in [5.74, 6) is 0.599. The van der Waals surface area contributed by atoms with E-state index in [-0.39, 0.29) is 5.91 Å². The van der Waals surface area contributed by atoms with Crippen LogP contribution >= 0.6 is 15.9 Å². The van der Waals surface area contributed by atoms with E-state index < -0.39 is 0 Å². The van der Waals surface area contributed by atoms with Gasteiger partial charge in [0.05, 0.1) is 0 Å². The van der Waals surface area contributed by atoms with E-state index in [0.29, 0.717) is 10.7 Å². The van der Waals surface area contributed by atoms with Gasteiger partial charge in [-0.25, -0.2) is 0 Å². The van der Waals surface area contributed by atoms with E-state index >= 15 is 0 Å². The van der Waals surface area contributed by atoms with Crippen LogP contribution in [0.4, 0.5) is 5.69 Å². The third-order valence-corrected chi connectivity index (χ3v) is 4.94. The van der Waals surface area contributed by atoms with Crippen LogP contribution < -0.4 is 10.2 Å². The fourth-order valence-electron chi connectivity index (χ4n) is 2.46. The lowest BCUT2D eigenvalue weighted by atomic mass is 10.1. The Balaban J connectivity index is 1.89. The molecular weight excluding hydrogens is 304 g/mol. The molecule has 3 nitrogen and oxygen atoms in total. The quantitative estimate of drug-likeness (QED) is 0.863. The largest absolute Gasteiger partial charge is 0.378 e. The summed E-state index contributed by atoms with van der Waals surface area (Å²) in [6.45, 7) is 0.768. The molecule has 0 bridgehead atoms. The Morgan fingerprint density at radius 3 is 2.53 bits per heavy atom. The summed E-state index contributed by atoms with van der Waals surface area (Å²) in [5.41, 5.74) is 1.84. The van der Waals surface area contributed by atoms with Crippen molar-refractivity contribution in [2.24, 2.45) is 5.92 Å². The van der Waals surface area contributed by atoms with Crippen molar-refractivity contribution in [1.29, 1.82) is 0 Å². The van der Waals surface area contributed by atoms with Crippen LogP contribution in [0.15, 0.2) is 24.3 Å². The summed E-state index contributed by atoms with van der Waals surface area (Å²) >= 11 is 3.68. The summed E-state index contributed by atoms with van der Waals surface area (Å²) in [4.78, 5) is 14.6. The van der Waals surface area contributed by atoms with Gasteiger partial charge in [-0.3, -0.25) is 4.79 Å². The first-order valence-corrected chi connectivity index (χ1v) is 7.69. The number of benzene rings is 1. The first-order valence-electron chi connectivity index (χ1n) is 6.77. The van der Waals surface area contributed by atoms with Crippen molar-refractivity contribution >= 4 is 27.5 Å². The Morgan fingerprint density at radius 1 is 1.32 bits per heavy atom. The molecule has 1 amide bonds. The van der Waals surface area contributed by atoms with Crippen molar-refractivity contribution < 1.29 is 4.79 Å². The lowest BCUT2D eigenvalue weighted by Gasteiger charge is -2.15. The Bertz CT molecular complexity index is 430. The molecule has 0 aliphatic heterocycles. The standard InChI is InChI=1S/C15H21BrN2O/c1-18(2)13-8-6-11(7-9-13)15(19)17-10-12-4-3-5-14(12)16/h6-9,12,14H,3-5,10H2,1-2H3,(H,17,19). The third-order valence-electron chi connectivity index (χ3n) is 3.74. The highest BCUT2D eigenvalue weighted by Gasteiger charge is 2.25. The number of anilines is 1. The van der Waals surface area contributed by atoms with Crippen LogP contribution in [0.3, 0.4) is 0 Å². The van der Waals surface area contributed by atoms with Crippen LogP contribution in [0.5, 0.6) is 0 Å². The molecule has 1 N–H and O–H groups in total. The lowest BCUT2D eigenvalue weighted by Crippen LogP contribution is -2.30. The minimum atomic E-state index is 0.0249. The number of hydrogen-bond donors (Lipinski definition) is 1. The summed E-state index contributed by atoms with van der Waals surface area (Å²) in [6.07, 6.45) is 3.68. The second-order valence-electron chi connectivity index (χ2n) is 5.36. The van der Waals surface area contributed by atoms with E-state index in [0.717, 1.165) is 17.8 Å². The van der Waals surface area contributed by atoms with Gasteiger partial charge >= 0.3 is 0 Å². The zero-order valence-corrected chi connectivity index (χ0v) is 13.1. The fourth-order valence-corrected chi connectivity index (χ4v) is 3.23. The maximum Gasteiger partial charge on any atom is 0.251 e. The molecule has 19 heavy (non-hydrogen) atoms. The van der Waals surface area contributed by atoms with Crippen LogP contribution in [0.1, 0.15) is 29.6 Å². The van der Waals surface area contributed by atoms with Crippen molar-refractivity contribution in [3.63, 3.8) is 0 Å².